The number of hydrogen-bond donors (Lipinski definition) is 1. The van der Waals surface area contributed by atoms with E-state index in [1.165, 1.54) is 11.1 Å². The van der Waals surface area contributed by atoms with Gasteiger partial charge in [-0.15, -0.1) is 0 Å². The molecule has 1 atom stereocenters. The molecule has 5 rings (SSSR count). The van der Waals surface area contributed by atoms with Gasteiger partial charge >= 0.3 is 0 Å². The molecule has 0 bridgehead atoms. The second kappa shape index (κ2) is 9.49. The molecule has 4 aromatic rings. The lowest BCUT2D eigenvalue weighted by molar-refractivity contribution is 0.00332. The van der Waals surface area contributed by atoms with Gasteiger partial charge in [0, 0.05) is 15.9 Å². The van der Waals surface area contributed by atoms with Crippen LogP contribution in [0.5, 0.6) is 0 Å². The zero-order chi connectivity index (χ0) is 22.7. The van der Waals surface area contributed by atoms with Crippen molar-refractivity contribution in [2.75, 3.05) is 0 Å². The Morgan fingerprint density at radius 2 is 1.39 bits per heavy atom. The molecule has 1 unspecified atom stereocenters. The third-order valence-corrected chi connectivity index (χ3v) is 9.76. The third-order valence-electron chi connectivity index (χ3n) is 6.55. The van der Waals surface area contributed by atoms with Crippen molar-refractivity contribution in [3.8, 4) is 0 Å². The van der Waals surface area contributed by atoms with Crippen LogP contribution in [0.4, 0.5) is 0 Å². The number of nitrogens with one attached hydrogen (secondary N) is 1. The summed E-state index contributed by atoms with van der Waals surface area (Å²) in [4.78, 5) is 5.83. The molecule has 0 fully saturated rings. The Hall–Kier alpha value is -2.97. The molecule has 0 saturated heterocycles. The fraction of sp³-hybridized carbons (Fsp3) is 0.172. The quantitative estimate of drug-likeness (QED) is 0.303. The highest BCUT2D eigenvalue weighted by Gasteiger charge is 2.34. The van der Waals surface area contributed by atoms with Gasteiger partial charge in [0.2, 0.25) is 0 Å². The summed E-state index contributed by atoms with van der Waals surface area (Å²) in [5.74, 6) is 0. The van der Waals surface area contributed by atoms with Crippen molar-refractivity contribution < 1.29 is 9.40 Å². The zero-order valence-corrected chi connectivity index (χ0v) is 19.7. The maximum Gasteiger partial charge on any atom is 0.171 e. The Morgan fingerprint density at radius 3 is 2.00 bits per heavy atom. The molecule has 0 aromatic heterocycles. The van der Waals surface area contributed by atoms with E-state index in [4.69, 9.17) is 4.84 Å². The Labute approximate surface area is 195 Å². The number of hydrogen-bond acceptors (Lipinski definition) is 3. The van der Waals surface area contributed by atoms with E-state index in [-0.39, 0.29) is 6.04 Å². The summed E-state index contributed by atoms with van der Waals surface area (Å²) in [5, 5.41) is 2.68. The van der Waals surface area contributed by atoms with Crippen LogP contribution >= 0.6 is 7.14 Å². The molecule has 33 heavy (non-hydrogen) atoms. The molecular formula is C29H28NO2P. The highest BCUT2D eigenvalue weighted by atomic mass is 31.2. The molecule has 0 aliphatic heterocycles. The van der Waals surface area contributed by atoms with E-state index in [1.54, 1.807) is 0 Å². The molecule has 1 N–H and O–H groups in total. The fourth-order valence-electron chi connectivity index (χ4n) is 4.83. The van der Waals surface area contributed by atoms with Crippen LogP contribution in [-0.4, -0.2) is 0 Å². The maximum absolute atomic E-state index is 14.8. The molecular weight excluding hydrogens is 425 g/mol. The van der Waals surface area contributed by atoms with Crippen LogP contribution in [0.1, 0.15) is 34.7 Å². The van der Waals surface area contributed by atoms with Crippen molar-refractivity contribution in [1.29, 1.82) is 0 Å². The van der Waals surface area contributed by atoms with Crippen molar-refractivity contribution in [1.82, 2.24) is 5.48 Å². The topological polar surface area (TPSA) is 38.3 Å². The summed E-state index contributed by atoms with van der Waals surface area (Å²) in [6.07, 6.45) is 1.92. The lowest BCUT2D eigenvalue weighted by atomic mass is 10.0. The second-order valence-electron chi connectivity index (χ2n) is 8.54. The van der Waals surface area contributed by atoms with Crippen LogP contribution in [0.3, 0.4) is 0 Å². The lowest BCUT2D eigenvalue weighted by Gasteiger charge is -2.24. The van der Waals surface area contributed by atoms with E-state index in [0.29, 0.717) is 6.61 Å². The zero-order valence-electron chi connectivity index (χ0n) is 18.8. The Balaban J connectivity index is 1.47. The van der Waals surface area contributed by atoms with Crippen LogP contribution in [0, 0.1) is 6.92 Å². The third kappa shape index (κ3) is 4.20. The average molecular weight is 454 g/mol. The van der Waals surface area contributed by atoms with Crippen LogP contribution in [0.2, 0.25) is 0 Å². The van der Waals surface area contributed by atoms with Crippen molar-refractivity contribution in [3.63, 3.8) is 0 Å². The molecule has 1 aliphatic carbocycles. The average Bonchev–Trinajstić information content (AvgIpc) is 3.29. The minimum atomic E-state index is -2.98. The molecule has 4 aromatic carbocycles. The van der Waals surface area contributed by atoms with Crippen LogP contribution in [-0.2, 0) is 22.4 Å². The van der Waals surface area contributed by atoms with E-state index >= 15 is 0 Å². The standard InChI is InChI=1S/C29H28NO2P/c1-22-26-17-19-28(30-32-21-23-11-5-2-6-12-23)27(26)18-20-29(22)33(31,24-13-7-3-8-14-24)25-15-9-4-10-16-25/h2-16,18,20,28,30H,17,19,21H2,1H3. The number of rotatable bonds is 7. The maximum atomic E-state index is 14.8. The van der Waals surface area contributed by atoms with Gasteiger partial charge in [-0.2, -0.15) is 5.48 Å². The predicted molar refractivity (Wildman–Crippen MR) is 136 cm³/mol. The summed E-state index contributed by atoms with van der Waals surface area (Å²) in [7, 11) is -2.98. The molecule has 166 valence electrons. The summed E-state index contributed by atoms with van der Waals surface area (Å²) in [5.41, 5.74) is 8.08. The van der Waals surface area contributed by atoms with Gasteiger partial charge in [-0.1, -0.05) is 103 Å². The molecule has 0 saturated carbocycles. The first kappa shape index (κ1) is 21.9. The monoisotopic (exact) mass is 453 g/mol. The molecule has 4 heteroatoms. The van der Waals surface area contributed by atoms with Crippen molar-refractivity contribution in [3.05, 3.63) is 125 Å². The molecule has 3 nitrogen and oxygen atoms in total. The smallest absolute Gasteiger partial charge is 0.171 e. The van der Waals surface area contributed by atoms with Crippen LogP contribution in [0.25, 0.3) is 0 Å². The number of fused-ring (bicyclic) bond motifs is 1. The van der Waals surface area contributed by atoms with E-state index in [1.807, 2.05) is 78.9 Å². The van der Waals surface area contributed by atoms with E-state index < -0.39 is 7.14 Å². The highest BCUT2D eigenvalue weighted by molar-refractivity contribution is 7.85. The molecule has 0 spiro atoms. The Bertz CT molecular complexity index is 1230. The Morgan fingerprint density at radius 1 is 0.818 bits per heavy atom. The molecule has 0 amide bonds. The SMILES string of the molecule is Cc1c(P(=O)(c2ccccc2)c2ccccc2)ccc2c1CCC2NOCc1ccccc1. The van der Waals surface area contributed by atoms with Gasteiger partial charge in [0.05, 0.1) is 12.6 Å². The predicted octanol–water partition coefficient (Wildman–Crippen LogP) is 5.34. The minimum absolute atomic E-state index is 0.143. The van der Waals surface area contributed by atoms with Crippen LogP contribution in [0.15, 0.2) is 103 Å². The molecule has 1 aliphatic rings. The molecule has 0 heterocycles. The van der Waals surface area contributed by atoms with Gasteiger partial charge in [-0.25, -0.2) is 0 Å². The van der Waals surface area contributed by atoms with Crippen LogP contribution < -0.4 is 21.4 Å². The summed E-state index contributed by atoms with van der Waals surface area (Å²) < 4.78 is 14.8. The minimum Gasteiger partial charge on any atom is -0.309 e. The van der Waals surface area contributed by atoms with E-state index in [2.05, 4.69) is 36.7 Å². The molecule has 0 radical (unpaired) electrons. The number of hydroxylamine groups is 1. The van der Waals surface area contributed by atoms with Crippen molar-refractivity contribution in [2.45, 2.75) is 32.4 Å². The summed E-state index contributed by atoms with van der Waals surface area (Å²) in [6, 6.07) is 34.3. The van der Waals surface area contributed by atoms with E-state index in [9.17, 15) is 4.57 Å². The summed E-state index contributed by atoms with van der Waals surface area (Å²) >= 11 is 0. The highest BCUT2D eigenvalue weighted by Crippen LogP contribution is 2.45. The lowest BCUT2D eigenvalue weighted by Crippen LogP contribution is -2.27. The van der Waals surface area contributed by atoms with Gasteiger partial charge in [0.15, 0.2) is 7.14 Å². The van der Waals surface area contributed by atoms with Gasteiger partial charge in [0.1, 0.15) is 0 Å². The normalized spacial score (nSPS) is 15.4. The second-order valence-corrected chi connectivity index (χ2v) is 11.3. The first-order valence-corrected chi connectivity index (χ1v) is 13.1. The van der Waals surface area contributed by atoms with Crippen molar-refractivity contribution in [2.24, 2.45) is 0 Å². The van der Waals surface area contributed by atoms with Gasteiger partial charge < -0.3 is 4.57 Å². The van der Waals surface area contributed by atoms with Gasteiger partial charge in [-0.05, 0) is 42.0 Å². The fourth-order valence-corrected chi connectivity index (χ4v) is 7.76. The first-order valence-electron chi connectivity index (χ1n) is 11.4. The largest absolute Gasteiger partial charge is 0.309 e. The van der Waals surface area contributed by atoms with Gasteiger partial charge in [0.25, 0.3) is 0 Å². The van der Waals surface area contributed by atoms with Gasteiger partial charge in [-0.3, -0.25) is 4.84 Å². The summed E-state index contributed by atoms with van der Waals surface area (Å²) in [6.45, 7) is 2.65. The van der Waals surface area contributed by atoms with Crippen molar-refractivity contribution >= 4 is 23.1 Å². The van der Waals surface area contributed by atoms with E-state index in [0.717, 1.165) is 39.9 Å². The Kier molecular flexibility index (Phi) is 6.28. The number of benzene rings is 4. The first-order chi connectivity index (χ1) is 16.2.